The number of hydrogen-bond acceptors (Lipinski definition) is 4. The molecule has 0 radical (unpaired) electrons. The van der Waals surface area contributed by atoms with Crippen LogP contribution in [0, 0.1) is 0 Å². The summed E-state index contributed by atoms with van der Waals surface area (Å²) in [6.45, 7) is 3.24. The van der Waals surface area contributed by atoms with Gasteiger partial charge in [0, 0.05) is 7.11 Å². The van der Waals surface area contributed by atoms with Crippen LogP contribution in [0.2, 0.25) is 10.3 Å². The maximum Gasteiger partial charge on any atom is 0.256 e. The molecule has 0 atom stereocenters. The van der Waals surface area contributed by atoms with E-state index in [1.54, 1.807) is 13.8 Å². The molecule has 0 saturated carbocycles. The Labute approximate surface area is 103 Å². The lowest BCUT2D eigenvalue weighted by molar-refractivity contribution is -0.133. The van der Waals surface area contributed by atoms with E-state index in [-0.39, 0.29) is 21.9 Å². The summed E-state index contributed by atoms with van der Waals surface area (Å²) in [7, 11) is 1.43. The fourth-order valence-corrected chi connectivity index (χ4v) is 1.21. The highest BCUT2D eigenvalue weighted by molar-refractivity contribution is 6.38. The summed E-state index contributed by atoms with van der Waals surface area (Å²) in [5, 5.41) is 2.68. The van der Waals surface area contributed by atoms with Crippen molar-refractivity contribution in [2.45, 2.75) is 19.4 Å². The molecule has 7 heteroatoms. The maximum absolute atomic E-state index is 11.8. The van der Waals surface area contributed by atoms with E-state index in [0.29, 0.717) is 0 Å². The zero-order valence-corrected chi connectivity index (χ0v) is 10.6. The number of aromatic nitrogens is 2. The summed E-state index contributed by atoms with van der Waals surface area (Å²) in [4.78, 5) is 19.2. The van der Waals surface area contributed by atoms with Crippen molar-refractivity contribution in [1.82, 2.24) is 9.97 Å². The summed E-state index contributed by atoms with van der Waals surface area (Å²) in [5.41, 5.74) is -0.802. The van der Waals surface area contributed by atoms with E-state index in [1.807, 2.05) is 0 Å². The van der Waals surface area contributed by atoms with Crippen molar-refractivity contribution in [3.8, 4) is 0 Å². The van der Waals surface area contributed by atoms with Crippen molar-refractivity contribution < 1.29 is 9.53 Å². The normalized spacial score (nSPS) is 11.3. The number of ether oxygens (including phenoxy) is 1. The summed E-state index contributed by atoms with van der Waals surface area (Å²) in [6.07, 6.45) is 1.21. The van der Waals surface area contributed by atoms with E-state index in [1.165, 1.54) is 13.4 Å². The fourth-order valence-electron chi connectivity index (χ4n) is 0.804. The molecule has 0 aliphatic rings. The first-order chi connectivity index (χ1) is 7.38. The third kappa shape index (κ3) is 2.81. The van der Waals surface area contributed by atoms with Gasteiger partial charge >= 0.3 is 0 Å². The Morgan fingerprint density at radius 2 is 1.88 bits per heavy atom. The number of nitrogens with one attached hydrogen (secondary N) is 1. The molecule has 5 nitrogen and oxygen atoms in total. The molecule has 1 heterocycles. The highest BCUT2D eigenvalue weighted by Crippen LogP contribution is 2.26. The Morgan fingerprint density at radius 3 is 2.31 bits per heavy atom. The predicted molar refractivity (Wildman–Crippen MR) is 61.8 cm³/mol. The molecule has 0 aliphatic carbocycles. The number of methoxy groups -OCH3 is 1. The number of anilines is 1. The zero-order valence-electron chi connectivity index (χ0n) is 9.04. The molecule has 1 aromatic rings. The Balaban J connectivity index is 2.94. The second kappa shape index (κ2) is 4.95. The van der Waals surface area contributed by atoms with E-state index in [0.717, 1.165) is 0 Å². The molecule has 0 saturated heterocycles. The van der Waals surface area contributed by atoms with Gasteiger partial charge in [-0.1, -0.05) is 23.2 Å². The molecule has 1 aromatic heterocycles. The monoisotopic (exact) mass is 263 g/mol. The minimum atomic E-state index is -0.984. The van der Waals surface area contributed by atoms with Crippen molar-refractivity contribution in [3.63, 3.8) is 0 Å². The topological polar surface area (TPSA) is 64.1 Å². The Hall–Kier alpha value is -0.910. The lowest BCUT2D eigenvalue weighted by atomic mass is 10.1. The van der Waals surface area contributed by atoms with Gasteiger partial charge in [0.1, 0.15) is 17.6 Å². The van der Waals surface area contributed by atoms with Crippen LogP contribution in [0.4, 0.5) is 5.69 Å². The van der Waals surface area contributed by atoms with Gasteiger partial charge in [0.15, 0.2) is 10.3 Å². The Morgan fingerprint density at radius 1 is 1.38 bits per heavy atom. The van der Waals surface area contributed by atoms with Crippen molar-refractivity contribution in [1.29, 1.82) is 0 Å². The van der Waals surface area contributed by atoms with E-state index in [9.17, 15) is 4.79 Å². The van der Waals surface area contributed by atoms with Crippen LogP contribution in [-0.2, 0) is 9.53 Å². The predicted octanol–water partition coefficient (Wildman–Crippen LogP) is 2.15. The highest BCUT2D eigenvalue weighted by atomic mass is 35.5. The van der Waals surface area contributed by atoms with Crippen molar-refractivity contribution in [2.24, 2.45) is 0 Å². The first kappa shape index (κ1) is 13.2. The van der Waals surface area contributed by atoms with E-state index >= 15 is 0 Å². The van der Waals surface area contributed by atoms with Gasteiger partial charge < -0.3 is 10.1 Å². The maximum atomic E-state index is 11.8. The molecule has 0 fully saturated rings. The first-order valence-electron chi connectivity index (χ1n) is 4.41. The molecular formula is C9H11Cl2N3O2. The average molecular weight is 264 g/mol. The molecule has 0 aromatic carbocycles. The van der Waals surface area contributed by atoms with Crippen LogP contribution in [0.25, 0.3) is 0 Å². The van der Waals surface area contributed by atoms with Gasteiger partial charge in [-0.05, 0) is 13.8 Å². The molecule has 1 rings (SSSR count). The second-order valence-corrected chi connectivity index (χ2v) is 4.21. The lowest BCUT2D eigenvalue weighted by Crippen LogP contribution is -2.39. The third-order valence-electron chi connectivity index (χ3n) is 2.05. The summed E-state index contributed by atoms with van der Waals surface area (Å²) in [5.74, 6) is -0.381. The smallest absolute Gasteiger partial charge is 0.256 e. The summed E-state index contributed by atoms with van der Waals surface area (Å²) >= 11 is 11.6. The Bertz CT molecular complexity index is 389. The summed E-state index contributed by atoms with van der Waals surface area (Å²) < 4.78 is 5.01. The van der Waals surface area contributed by atoms with Crippen LogP contribution in [0.3, 0.4) is 0 Å². The molecule has 88 valence electrons. The van der Waals surface area contributed by atoms with Crippen LogP contribution in [0.1, 0.15) is 13.8 Å². The van der Waals surface area contributed by atoms with Crippen LogP contribution >= 0.6 is 23.2 Å². The van der Waals surface area contributed by atoms with Crippen LogP contribution in [0.15, 0.2) is 6.33 Å². The molecule has 16 heavy (non-hydrogen) atoms. The van der Waals surface area contributed by atoms with E-state index in [4.69, 9.17) is 27.9 Å². The lowest BCUT2D eigenvalue weighted by Gasteiger charge is -2.21. The van der Waals surface area contributed by atoms with E-state index in [2.05, 4.69) is 15.3 Å². The van der Waals surface area contributed by atoms with Crippen molar-refractivity contribution in [2.75, 3.05) is 12.4 Å². The number of hydrogen-bond donors (Lipinski definition) is 1. The van der Waals surface area contributed by atoms with Crippen molar-refractivity contribution in [3.05, 3.63) is 16.6 Å². The molecule has 1 amide bonds. The van der Waals surface area contributed by atoms with Gasteiger partial charge in [0.25, 0.3) is 5.91 Å². The van der Waals surface area contributed by atoms with Gasteiger partial charge in [-0.2, -0.15) is 0 Å². The molecular weight excluding hydrogens is 253 g/mol. The van der Waals surface area contributed by atoms with Gasteiger partial charge in [-0.25, -0.2) is 9.97 Å². The van der Waals surface area contributed by atoms with Gasteiger partial charge in [0.2, 0.25) is 0 Å². The Kier molecular flexibility index (Phi) is 4.07. The van der Waals surface area contributed by atoms with Gasteiger partial charge in [-0.3, -0.25) is 4.79 Å². The first-order valence-corrected chi connectivity index (χ1v) is 5.16. The number of halogens is 2. The van der Waals surface area contributed by atoms with Crippen LogP contribution in [-0.4, -0.2) is 28.6 Å². The number of rotatable bonds is 3. The average Bonchev–Trinajstić information content (AvgIpc) is 2.23. The molecule has 0 aliphatic heterocycles. The molecule has 0 spiro atoms. The van der Waals surface area contributed by atoms with Gasteiger partial charge in [0.05, 0.1) is 0 Å². The molecule has 1 N–H and O–H groups in total. The molecule has 0 bridgehead atoms. The number of carbonyl (C=O) groups excluding carboxylic acids is 1. The SMILES string of the molecule is COC(C)(C)C(=O)Nc1c(Cl)ncnc1Cl. The standard InChI is InChI=1S/C9H11Cl2N3O2/c1-9(2,16-3)8(15)14-5-6(10)12-4-13-7(5)11/h4H,1-3H3,(H,14,15). The van der Waals surface area contributed by atoms with E-state index < -0.39 is 5.60 Å². The highest BCUT2D eigenvalue weighted by Gasteiger charge is 2.28. The fraction of sp³-hybridized carbons (Fsp3) is 0.444. The number of nitrogens with zero attached hydrogens (tertiary/aromatic N) is 2. The quantitative estimate of drug-likeness (QED) is 0.849. The minimum Gasteiger partial charge on any atom is -0.369 e. The number of carbonyl (C=O) groups is 1. The largest absolute Gasteiger partial charge is 0.369 e. The minimum absolute atomic E-state index is 0.0836. The second-order valence-electron chi connectivity index (χ2n) is 3.50. The zero-order chi connectivity index (χ0) is 12.3. The third-order valence-corrected chi connectivity index (χ3v) is 2.62. The van der Waals surface area contributed by atoms with Crippen molar-refractivity contribution >= 4 is 34.8 Å². The molecule has 0 unspecified atom stereocenters. The summed E-state index contributed by atoms with van der Waals surface area (Å²) in [6, 6.07) is 0. The number of amides is 1. The van der Waals surface area contributed by atoms with Crippen LogP contribution < -0.4 is 5.32 Å². The van der Waals surface area contributed by atoms with Crippen LogP contribution in [0.5, 0.6) is 0 Å². The van der Waals surface area contributed by atoms with Gasteiger partial charge in [-0.15, -0.1) is 0 Å².